The number of aromatic nitrogens is 2. The number of rotatable bonds is 3. The topological polar surface area (TPSA) is 58.8 Å². The molecule has 0 radical (unpaired) electrons. The van der Waals surface area contributed by atoms with Crippen molar-refractivity contribution in [2.75, 3.05) is 0 Å². The van der Waals surface area contributed by atoms with Crippen molar-refractivity contribution in [3.05, 3.63) is 57.8 Å². The summed E-state index contributed by atoms with van der Waals surface area (Å²) in [7, 11) is 0. The fourth-order valence-corrected chi connectivity index (χ4v) is 2.90. The van der Waals surface area contributed by atoms with Gasteiger partial charge >= 0.3 is 0 Å². The summed E-state index contributed by atoms with van der Waals surface area (Å²) in [4.78, 5) is 17.3. The van der Waals surface area contributed by atoms with E-state index in [1.165, 1.54) is 17.6 Å². The Hall–Kier alpha value is -2.18. The van der Waals surface area contributed by atoms with E-state index in [1.807, 2.05) is 29.8 Å². The molecule has 0 aliphatic carbocycles. The number of aryl methyl sites for hydroxylation is 1. The van der Waals surface area contributed by atoms with Gasteiger partial charge in [0, 0.05) is 22.2 Å². The van der Waals surface area contributed by atoms with Crippen molar-refractivity contribution in [2.45, 2.75) is 6.92 Å². The normalized spacial score (nSPS) is 11.3. The molecule has 2 aromatic heterocycles. The third-order valence-electron chi connectivity index (χ3n) is 2.93. The highest BCUT2D eigenvalue weighted by Crippen LogP contribution is 2.16. The van der Waals surface area contributed by atoms with Crippen LogP contribution in [0.25, 0.3) is 4.96 Å². The van der Waals surface area contributed by atoms with E-state index in [2.05, 4.69) is 15.5 Å². The predicted molar refractivity (Wildman–Crippen MR) is 84.3 cm³/mol. The molecule has 5 nitrogen and oxygen atoms in total. The molecule has 0 saturated heterocycles. The Kier molecular flexibility index (Phi) is 3.72. The number of benzene rings is 1. The molecule has 106 valence electrons. The highest BCUT2D eigenvalue weighted by Gasteiger charge is 2.16. The van der Waals surface area contributed by atoms with Gasteiger partial charge in [-0.2, -0.15) is 5.10 Å². The zero-order valence-corrected chi connectivity index (χ0v) is 12.6. The van der Waals surface area contributed by atoms with E-state index < -0.39 is 0 Å². The fraction of sp³-hybridized carbons (Fsp3) is 0.0714. The van der Waals surface area contributed by atoms with Crippen LogP contribution < -0.4 is 5.43 Å². The van der Waals surface area contributed by atoms with Crippen LogP contribution in [-0.4, -0.2) is 21.5 Å². The standard InChI is InChI=1S/C14H11ClN4OS/c1-9-12(19-6-7-21-14(19)17-9)13(20)18-16-8-10-4-2-3-5-11(10)15/h2-8H,1H3,(H,18,20). The molecule has 0 atom stereocenters. The lowest BCUT2D eigenvalue weighted by Crippen LogP contribution is -2.20. The Bertz CT molecular complexity index is 836. The number of carbonyl (C=O) groups excluding carboxylic acids is 1. The fourth-order valence-electron chi connectivity index (χ4n) is 1.96. The van der Waals surface area contributed by atoms with E-state index in [0.29, 0.717) is 16.4 Å². The molecule has 3 aromatic rings. The highest BCUT2D eigenvalue weighted by molar-refractivity contribution is 7.15. The molecule has 3 rings (SSSR count). The number of imidazole rings is 1. The Morgan fingerprint density at radius 2 is 2.29 bits per heavy atom. The van der Waals surface area contributed by atoms with Crippen molar-refractivity contribution < 1.29 is 4.79 Å². The molecule has 0 spiro atoms. The zero-order valence-electron chi connectivity index (χ0n) is 11.1. The summed E-state index contributed by atoms with van der Waals surface area (Å²) >= 11 is 7.49. The first-order chi connectivity index (χ1) is 10.2. The molecule has 1 aromatic carbocycles. The largest absolute Gasteiger partial charge is 0.290 e. The summed E-state index contributed by atoms with van der Waals surface area (Å²) in [6.07, 6.45) is 3.33. The quantitative estimate of drug-likeness (QED) is 0.596. The monoisotopic (exact) mass is 318 g/mol. The number of carbonyl (C=O) groups is 1. The van der Waals surface area contributed by atoms with Crippen LogP contribution in [0, 0.1) is 6.92 Å². The molecule has 1 N–H and O–H groups in total. The van der Waals surface area contributed by atoms with Gasteiger partial charge in [-0.1, -0.05) is 29.8 Å². The number of hydrogen-bond donors (Lipinski definition) is 1. The average Bonchev–Trinajstić information content (AvgIpc) is 3.00. The number of thiazole rings is 1. The van der Waals surface area contributed by atoms with Gasteiger partial charge in [0.2, 0.25) is 0 Å². The molecule has 0 saturated carbocycles. The van der Waals surface area contributed by atoms with Gasteiger partial charge in [0.1, 0.15) is 5.69 Å². The van der Waals surface area contributed by atoms with Crippen LogP contribution >= 0.6 is 22.9 Å². The van der Waals surface area contributed by atoms with Gasteiger partial charge < -0.3 is 0 Å². The van der Waals surface area contributed by atoms with Gasteiger partial charge in [-0.25, -0.2) is 10.4 Å². The maximum Gasteiger partial charge on any atom is 0.290 e. The van der Waals surface area contributed by atoms with Crippen molar-refractivity contribution >= 4 is 40.0 Å². The Morgan fingerprint density at radius 1 is 1.48 bits per heavy atom. The molecular weight excluding hydrogens is 308 g/mol. The number of nitrogens with one attached hydrogen (secondary N) is 1. The second kappa shape index (κ2) is 5.67. The summed E-state index contributed by atoms with van der Waals surface area (Å²) in [5.74, 6) is -0.304. The minimum atomic E-state index is -0.304. The van der Waals surface area contributed by atoms with Crippen LogP contribution in [0.4, 0.5) is 0 Å². The number of hydrazone groups is 1. The van der Waals surface area contributed by atoms with E-state index in [1.54, 1.807) is 17.4 Å². The summed E-state index contributed by atoms with van der Waals surface area (Å²) in [6.45, 7) is 1.80. The molecular formula is C14H11ClN4OS. The van der Waals surface area contributed by atoms with Gasteiger partial charge in [-0.3, -0.25) is 9.20 Å². The molecule has 0 unspecified atom stereocenters. The third kappa shape index (κ3) is 2.68. The first-order valence-corrected chi connectivity index (χ1v) is 7.42. The van der Waals surface area contributed by atoms with E-state index >= 15 is 0 Å². The van der Waals surface area contributed by atoms with E-state index in [-0.39, 0.29) is 5.91 Å². The summed E-state index contributed by atoms with van der Waals surface area (Å²) in [6, 6.07) is 7.27. The highest BCUT2D eigenvalue weighted by atomic mass is 35.5. The predicted octanol–water partition coefficient (Wildman–Crippen LogP) is 3.12. The summed E-state index contributed by atoms with van der Waals surface area (Å²) in [5.41, 5.74) is 4.40. The van der Waals surface area contributed by atoms with Crippen molar-refractivity contribution in [3.8, 4) is 0 Å². The van der Waals surface area contributed by atoms with Crippen molar-refractivity contribution in [1.82, 2.24) is 14.8 Å². The van der Waals surface area contributed by atoms with E-state index in [9.17, 15) is 4.79 Å². The van der Waals surface area contributed by atoms with Gasteiger partial charge in [0.05, 0.1) is 11.9 Å². The van der Waals surface area contributed by atoms with Gasteiger partial charge in [0.15, 0.2) is 4.96 Å². The van der Waals surface area contributed by atoms with Crippen LogP contribution in [0.1, 0.15) is 21.7 Å². The van der Waals surface area contributed by atoms with Crippen molar-refractivity contribution in [2.24, 2.45) is 5.10 Å². The lowest BCUT2D eigenvalue weighted by Gasteiger charge is -2.00. The molecule has 2 heterocycles. The Balaban J connectivity index is 1.79. The molecule has 21 heavy (non-hydrogen) atoms. The van der Waals surface area contributed by atoms with Crippen LogP contribution in [0.2, 0.25) is 5.02 Å². The molecule has 0 fully saturated rings. The third-order valence-corrected chi connectivity index (χ3v) is 4.03. The van der Waals surface area contributed by atoms with Gasteiger partial charge in [-0.05, 0) is 13.0 Å². The van der Waals surface area contributed by atoms with Gasteiger partial charge in [0.25, 0.3) is 5.91 Å². The molecule has 0 aliphatic heterocycles. The second-order valence-electron chi connectivity index (χ2n) is 4.32. The zero-order chi connectivity index (χ0) is 14.8. The van der Waals surface area contributed by atoms with E-state index in [0.717, 1.165) is 10.5 Å². The summed E-state index contributed by atoms with van der Waals surface area (Å²) in [5, 5.41) is 6.40. The number of hydrogen-bond acceptors (Lipinski definition) is 4. The molecule has 1 amide bonds. The molecule has 0 aliphatic rings. The maximum absolute atomic E-state index is 12.2. The van der Waals surface area contributed by atoms with Crippen molar-refractivity contribution in [3.63, 3.8) is 0 Å². The minimum Gasteiger partial charge on any atom is -0.286 e. The second-order valence-corrected chi connectivity index (χ2v) is 5.60. The minimum absolute atomic E-state index is 0.304. The lowest BCUT2D eigenvalue weighted by atomic mass is 10.2. The number of amides is 1. The average molecular weight is 319 g/mol. The first kappa shape index (κ1) is 13.8. The molecule has 7 heteroatoms. The van der Waals surface area contributed by atoms with Crippen LogP contribution in [0.3, 0.4) is 0 Å². The van der Waals surface area contributed by atoms with Crippen LogP contribution in [-0.2, 0) is 0 Å². The van der Waals surface area contributed by atoms with Crippen molar-refractivity contribution in [1.29, 1.82) is 0 Å². The Morgan fingerprint density at radius 3 is 3.10 bits per heavy atom. The number of fused-ring (bicyclic) bond motifs is 1. The SMILES string of the molecule is Cc1nc2sccn2c1C(=O)NN=Cc1ccccc1Cl. The van der Waals surface area contributed by atoms with E-state index in [4.69, 9.17) is 11.6 Å². The maximum atomic E-state index is 12.2. The lowest BCUT2D eigenvalue weighted by molar-refractivity contribution is 0.0948. The smallest absolute Gasteiger partial charge is 0.286 e. The first-order valence-electron chi connectivity index (χ1n) is 6.17. The summed E-state index contributed by atoms with van der Waals surface area (Å²) < 4.78 is 1.75. The number of halogens is 1. The Labute approximate surface area is 129 Å². The van der Waals surface area contributed by atoms with Gasteiger partial charge in [-0.15, -0.1) is 11.3 Å². The number of nitrogens with zero attached hydrogens (tertiary/aromatic N) is 3. The van der Waals surface area contributed by atoms with Crippen LogP contribution in [0.15, 0.2) is 40.9 Å². The van der Waals surface area contributed by atoms with Crippen LogP contribution in [0.5, 0.6) is 0 Å². The molecule has 0 bridgehead atoms.